The van der Waals surface area contributed by atoms with Crippen LogP contribution >= 0.6 is 11.8 Å². The van der Waals surface area contributed by atoms with Gasteiger partial charge in [0, 0.05) is 23.4 Å². The number of carboxylic acids is 1. The van der Waals surface area contributed by atoms with Crippen molar-refractivity contribution in [3.63, 3.8) is 0 Å². The maximum Gasteiger partial charge on any atom is 0.410 e. The third-order valence-electron chi connectivity index (χ3n) is 4.90. The second kappa shape index (κ2) is 8.22. The molecule has 1 heterocycles. The molecule has 0 radical (unpaired) electrons. The molecule has 146 valence electrons. The summed E-state index contributed by atoms with van der Waals surface area (Å²) in [5.41, 5.74) is -0.580. The molecule has 0 aliphatic carbocycles. The predicted molar refractivity (Wildman–Crippen MR) is 104 cm³/mol. The molecule has 1 aromatic rings. The van der Waals surface area contributed by atoms with E-state index in [4.69, 9.17) is 4.74 Å². The van der Waals surface area contributed by atoms with E-state index in [9.17, 15) is 20.0 Å². The summed E-state index contributed by atoms with van der Waals surface area (Å²) in [5, 5.41) is 19.2. The number of carboxylic acid groups (broad SMARTS) is 1. The number of benzene rings is 1. The average Bonchev–Trinajstić information content (AvgIpc) is 2.61. The molecule has 0 bridgehead atoms. The van der Waals surface area contributed by atoms with Gasteiger partial charge in [-0.1, -0.05) is 12.1 Å². The van der Waals surface area contributed by atoms with Crippen molar-refractivity contribution in [3.05, 3.63) is 29.8 Å². The molecule has 1 unspecified atom stereocenters. The van der Waals surface area contributed by atoms with Gasteiger partial charge in [-0.3, -0.25) is 4.79 Å². The Balaban J connectivity index is 2.30. The van der Waals surface area contributed by atoms with Crippen LogP contribution in [0.25, 0.3) is 0 Å². The fourth-order valence-electron chi connectivity index (χ4n) is 3.50. The van der Waals surface area contributed by atoms with Crippen LogP contribution in [0.15, 0.2) is 29.2 Å². The number of aliphatic carboxylic acids is 1. The van der Waals surface area contributed by atoms with E-state index in [0.29, 0.717) is 25.9 Å². The molecular weight excluding hydrogens is 364 g/mol. The summed E-state index contributed by atoms with van der Waals surface area (Å²) in [6.45, 7) is 6.13. The van der Waals surface area contributed by atoms with Gasteiger partial charge in [-0.2, -0.15) is 5.26 Å². The lowest BCUT2D eigenvalue weighted by Crippen LogP contribution is -2.51. The lowest BCUT2D eigenvalue weighted by atomic mass is 9.65. The lowest BCUT2D eigenvalue weighted by molar-refractivity contribution is -0.142. The van der Waals surface area contributed by atoms with Gasteiger partial charge >= 0.3 is 12.1 Å². The van der Waals surface area contributed by atoms with Crippen molar-refractivity contribution in [3.8, 4) is 6.07 Å². The Labute approximate surface area is 164 Å². The van der Waals surface area contributed by atoms with Crippen LogP contribution in [-0.4, -0.2) is 47.0 Å². The molecule has 1 fully saturated rings. The fraction of sp³-hybridized carbons (Fsp3) is 0.550. The maximum absolute atomic E-state index is 12.3. The Morgan fingerprint density at radius 1 is 1.26 bits per heavy atom. The Bertz CT molecular complexity index is 726. The molecule has 6 nitrogen and oxygen atoms in total. The normalized spacial score (nSPS) is 17.7. The second-order valence-electron chi connectivity index (χ2n) is 7.75. The number of likely N-dealkylation sites (tertiary alicyclic amines) is 1. The first-order valence-corrected chi connectivity index (χ1v) is 10.1. The number of rotatable bonds is 4. The molecule has 1 aliphatic heterocycles. The lowest BCUT2D eigenvalue weighted by Gasteiger charge is -2.43. The van der Waals surface area contributed by atoms with Crippen molar-refractivity contribution in [1.82, 2.24) is 4.90 Å². The fourth-order valence-corrected chi connectivity index (χ4v) is 3.91. The summed E-state index contributed by atoms with van der Waals surface area (Å²) in [5.74, 6) is -2.30. The van der Waals surface area contributed by atoms with Crippen LogP contribution in [0, 0.1) is 17.2 Å². The van der Waals surface area contributed by atoms with Gasteiger partial charge in [0.2, 0.25) is 0 Å². The van der Waals surface area contributed by atoms with Gasteiger partial charge in [0.05, 0.1) is 6.07 Å². The number of amides is 1. The van der Waals surface area contributed by atoms with Gasteiger partial charge in [-0.15, -0.1) is 11.8 Å². The topological polar surface area (TPSA) is 90.6 Å². The Morgan fingerprint density at radius 2 is 1.81 bits per heavy atom. The number of ether oxygens (including phenoxy) is 1. The van der Waals surface area contributed by atoms with Gasteiger partial charge in [-0.05, 0) is 57.6 Å². The van der Waals surface area contributed by atoms with Crippen molar-refractivity contribution in [2.45, 2.75) is 49.5 Å². The standard InChI is InChI=1S/C20H26N2O4S/c1-19(2,3)26-18(25)22-11-9-20(10-12-22,16(13-21)17(23)24)14-5-7-15(27-4)8-6-14/h5-8,16H,9-12H2,1-4H3,(H,23,24). The zero-order chi connectivity index (χ0) is 20.2. The number of hydrogen-bond acceptors (Lipinski definition) is 5. The number of nitrogens with zero attached hydrogens (tertiary/aromatic N) is 2. The van der Waals surface area contributed by atoms with E-state index in [1.54, 1.807) is 16.7 Å². The number of carbonyl (C=O) groups is 2. The summed E-state index contributed by atoms with van der Waals surface area (Å²) in [6, 6.07) is 9.68. The van der Waals surface area contributed by atoms with E-state index in [-0.39, 0.29) is 0 Å². The average molecular weight is 391 g/mol. The smallest absolute Gasteiger partial charge is 0.410 e. The van der Waals surface area contributed by atoms with Gasteiger partial charge in [0.15, 0.2) is 5.92 Å². The van der Waals surface area contributed by atoms with E-state index < -0.39 is 29.0 Å². The molecule has 1 amide bonds. The third-order valence-corrected chi connectivity index (χ3v) is 5.64. The molecular formula is C20H26N2O4S. The molecule has 0 saturated carbocycles. The Hall–Kier alpha value is -2.20. The van der Waals surface area contributed by atoms with E-state index >= 15 is 0 Å². The van der Waals surface area contributed by atoms with Crippen LogP contribution in [0.1, 0.15) is 39.2 Å². The molecule has 2 rings (SSSR count). The summed E-state index contributed by atoms with van der Waals surface area (Å²) < 4.78 is 5.42. The van der Waals surface area contributed by atoms with Crippen molar-refractivity contribution in [2.24, 2.45) is 5.92 Å². The Morgan fingerprint density at radius 3 is 2.22 bits per heavy atom. The van der Waals surface area contributed by atoms with Crippen LogP contribution < -0.4 is 0 Å². The number of carbonyl (C=O) groups excluding carboxylic acids is 1. The minimum absolute atomic E-state index is 0.352. The van der Waals surface area contributed by atoms with Crippen LogP contribution in [0.5, 0.6) is 0 Å². The summed E-state index contributed by atoms with van der Waals surface area (Å²) in [7, 11) is 0. The molecule has 1 aliphatic rings. The quantitative estimate of drug-likeness (QED) is 0.784. The highest BCUT2D eigenvalue weighted by Gasteiger charge is 2.48. The molecule has 0 aromatic heterocycles. The van der Waals surface area contributed by atoms with Crippen LogP contribution in [0.4, 0.5) is 4.79 Å². The monoisotopic (exact) mass is 390 g/mol. The van der Waals surface area contributed by atoms with Gasteiger partial charge in [0.1, 0.15) is 5.60 Å². The van der Waals surface area contributed by atoms with Crippen LogP contribution in [0.3, 0.4) is 0 Å². The zero-order valence-corrected chi connectivity index (χ0v) is 17.0. The zero-order valence-electron chi connectivity index (χ0n) is 16.2. The summed E-state index contributed by atoms with van der Waals surface area (Å²) in [4.78, 5) is 26.8. The van der Waals surface area contributed by atoms with E-state index in [0.717, 1.165) is 10.5 Å². The van der Waals surface area contributed by atoms with Crippen molar-refractivity contribution < 1.29 is 19.4 Å². The molecule has 27 heavy (non-hydrogen) atoms. The summed E-state index contributed by atoms with van der Waals surface area (Å²) in [6.07, 6.45) is 2.36. The minimum atomic E-state index is -1.17. The van der Waals surface area contributed by atoms with Gasteiger partial charge in [0.25, 0.3) is 0 Å². The molecule has 1 saturated heterocycles. The van der Waals surface area contributed by atoms with E-state index in [2.05, 4.69) is 0 Å². The molecule has 1 aromatic carbocycles. The minimum Gasteiger partial charge on any atom is -0.480 e. The first-order chi connectivity index (χ1) is 12.6. The van der Waals surface area contributed by atoms with Crippen LogP contribution in [-0.2, 0) is 14.9 Å². The highest BCUT2D eigenvalue weighted by Crippen LogP contribution is 2.43. The number of thioether (sulfide) groups is 1. The van der Waals surface area contributed by atoms with E-state index in [1.165, 1.54) is 0 Å². The number of piperidine rings is 1. The number of nitriles is 1. The van der Waals surface area contributed by atoms with Gasteiger partial charge < -0.3 is 14.7 Å². The van der Waals surface area contributed by atoms with E-state index in [1.807, 2.05) is 57.4 Å². The highest BCUT2D eigenvalue weighted by molar-refractivity contribution is 7.98. The molecule has 1 N–H and O–H groups in total. The maximum atomic E-state index is 12.3. The van der Waals surface area contributed by atoms with Gasteiger partial charge in [-0.25, -0.2) is 4.79 Å². The van der Waals surface area contributed by atoms with Crippen LogP contribution in [0.2, 0.25) is 0 Å². The third kappa shape index (κ3) is 4.75. The van der Waals surface area contributed by atoms with Crippen molar-refractivity contribution >= 4 is 23.8 Å². The first-order valence-electron chi connectivity index (χ1n) is 8.88. The number of hydrogen-bond donors (Lipinski definition) is 1. The predicted octanol–water partition coefficient (Wildman–Crippen LogP) is 3.90. The molecule has 7 heteroatoms. The van der Waals surface area contributed by atoms with Crippen molar-refractivity contribution in [2.75, 3.05) is 19.3 Å². The molecule has 1 atom stereocenters. The summed E-state index contributed by atoms with van der Waals surface area (Å²) >= 11 is 1.60. The first kappa shape index (κ1) is 21.1. The Kier molecular flexibility index (Phi) is 6.42. The second-order valence-corrected chi connectivity index (χ2v) is 8.63. The van der Waals surface area contributed by atoms with Crippen molar-refractivity contribution in [1.29, 1.82) is 5.26 Å². The largest absolute Gasteiger partial charge is 0.480 e. The molecule has 0 spiro atoms. The highest BCUT2D eigenvalue weighted by atomic mass is 32.2. The SMILES string of the molecule is CSc1ccc(C2(C(C#N)C(=O)O)CCN(C(=O)OC(C)(C)C)CC2)cc1.